The smallest absolute Gasteiger partial charge is 0.205 e. The molecule has 1 rings (SSSR count). The van der Waals surface area contributed by atoms with Crippen LogP contribution in [0.1, 0.15) is 6.42 Å². The van der Waals surface area contributed by atoms with Crippen LogP contribution in [0.15, 0.2) is 0 Å². The zero-order valence-electron chi connectivity index (χ0n) is 5.46. The standard InChI is InChI=1S/C6H8N2OS/c7-2-3-8-5-1-4-10-6(5)9/h5,8H,1,3-4H2. The molecule has 0 saturated carbocycles. The summed E-state index contributed by atoms with van der Waals surface area (Å²) in [5.74, 6) is 0.891. The highest BCUT2D eigenvalue weighted by molar-refractivity contribution is 8.14. The first-order valence-corrected chi connectivity index (χ1v) is 4.10. The first kappa shape index (κ1) is 7.58. The van der Waals surface area contributed by atoms with Crippen molar-refractivity contribution in [1.82, 2.24) is 5.32 Å². The number of nitrogens with one attached hydrogen (secondary N) is 1. The molecule has 1 saturated heterocycles. The van der Waals surface area contributed by atoms with E-state index in [1.165, 1.54) is 11.8 Å². The molecule has 0 aromatic heterocycles. The zero-order chi connectivity index (χ0) is 7.40. The normalized spacial score (nSPS) is 24.7. The quantitative estimate of drug-likeness (QED) is 0.577. The molecule has 54 valence electrons. The first-order valence-electron chi connectivity index (χ1n) is 3.11. The van der Waals surface area contributed by atoms with Crippen molar-refractivity contribution in [1.29, 1.82) is 5.26 Å². The van der Waals surface area contributed by atoms with Gasteiger partial charge in [-0.2, -0.15) is 5.26 Å². The minimum Gasteiger partial charge on any atom is -0.294 e. The lowest BCUT2D eigenvalue weighted by atomic mass is 10.2. The van der Waals surface area contributed by atoms with Crippen molar-refractivity contribution < 1.29 is 4.79 Å². The molecule has 1 heterocycles. The number of rotatable bonds is 2. The second-order valence-corrected chi connectivity index (χ2v) is 3.15. The third-order valence-corrected chi connectivity index (χ3v) is 2.37. The summed E-state index contributed by atoms with van der Waals surface area (Å²) in [6.45, 7) is 0.275. The van der Waals surface area contributed by atoms with E-state index in [-0.39, 0.29) is 17.7 Å². The molecule has 1 N–H and O–H groups in total. The van der Waals surface area contributed by atoms with Gasteiger partial charge in [0.05, 0.1) is 18.7 Å². The van der Waals surface area contributed by atoms with Crippen LogP contribution >= 0.6 is 11.8 Å². The topological polar surface area (TPSA) is 52.9 Å². The van der Waals surface area contributed by atoms with Gasteiger partial charge in [0.25, 0.3) is 0 Å². The van der Waals surface area contributed by atoms with Crippen molar-refractivity contribution in [3.8, 4) is 6.07 Å². The van der Waals surface area contributed by atoms with Gasteiger partial charge in [0, 0.05) is 5.75 Å². The van der Waals surface area contributed by atoms with Crippen LogP contribution in [0.5, 0.6) is 0 Å². The minimum atomic E-state index is -0.0651. The molecule has 0 bridgehead atoms. The van der Waals surface area contributed by atoms with Crippen LogP contribution in [-0.4, -0.2) is 23.5 Å². The predicted molar refractivity (Wildman–Crippen MR) is 39.5 cm³/mol. The van der Waals surface area contributed by atoms with Crippen LogP contribution < -0.4 is 5.32 Å². The third kappa shape index (κ3) is 1.72. The van der Waals surface area contributed by atoms with Crippen LogP contribution in [0.4, 0.5) is 0 Å². The molecule has 0 spiro atoms. The third-order valence-electron chi connectivity index (χ3n) is 1.36. The molecule has 0 aromatic carbocycles. The molecule has 1 unspecified atom stereocenters. The Morgan fingerprint density at radius 1 is 1.90 bits per heavy atom. The zero-order valence-corrected chi connectivity index (χ0v) is 6.28. The van der Waals surface area contributed by atoms with Crippen LogP contribution in [0.2, 0.25) is 0 Å². The number of hydrogen-bond donors (Lipinski definition) is 1. The van der Waals surface area contributed by atoms with Crippen molar-refractivity contribution >= 4 is 16.9 Å². The summed E-state index contributed by atoms with van der Waals surface area (Å²) in [6.07, 6.45) is 0.866. The minimum absolute atomic E-state index is 0.0651. The Labute approximate surface area is 63.8 Å². The number of thioether (sulfide) groups is 1. The molecule has 0 aliphatic carbocycles. The van der Waals surface area contributed by atoms with Crippen molar-refractivity contribution in [2.45, 2.75) is 12.5 Å². The summed E-state index contributed by atoms with van der Waals surface area (Å²) in [5.41, 5.74) is 0. The Bertz CT molecular complexity index is 175. The average molecular weight is 156 g/mol. The number of carbonyl (C=O) groups excluding carboxylic acids is 1. The van der Waals surface area contributed by atoms with E-state index in [9.17, 15) is 4.79 Å². The highest BCUT2D eigenvalue weighted by Gasteiger charge is 2.23. The van der Waals surface area contributed by atoms with Gasteiger partial charge in [-0.15, -0.1) is 0 Å². The highest BCUT2D eigenvalue weighted by Crippen LogP contribution is 2.18. The van der Waals surface area contributed by atoms with E-state index in [0.29, 0.717) is 0 Å². The van der Waals surface area contributed by atoms with Crippen molar-refractivity contribution in [2.75, 3.05) is 12.3 Å². The fraction of sp³-hybridized carbons (Fsp3) is 0.667. The fourth-order valence-electron chi connectivity index (χ4n) is 0.850. The van der Waals surface area contributed by atoms with E-state index in [1.54, 1.807) is 0 Å². The Balaban J connectivity index is 2.28. The van der Waals surface area contributed by atoms with Gasteiger partial charge in [-0.1, -0.05) is 11.8 Å². The molecular formula is C6H8N2OS. The maximum absolute atomic E-state index is 10.9. The Kier molecular flexibility index (Phi) is 2.72. The number of carbonyl (C=O) groups is 1. The lowest BCUT2D eigenvalue weighted by Gasteiger charge is -2.03. The SMILES string of the molecule is N#CCNC1CCSC1=O. The molecule has 0 aromatic rings. The Morgan fingerprint density at radius 3 is 3.20 bits per heavy atom. The molecule has 1 fully saturated rings. The molecule has 1 aliphatic rings. The van der Waals surface area contributed by atoms with Crippen molar-refractivity contribution in [2.24, 2.45) is 0 Å². The average Bonchev–Trinajstić information content (AvgIpc) is 2.31. The van der Waals surface area contributed by atoms with Gasteiger partial charge in [-0.05, 0) is 6.42 Å². The Hall–Kier alpha value is -0.530. The summed E-state index contributed by atoms with van der Waals surface area (Å²) in [4.78, 5) is 10.9. The van der Waals surface area contributed by atoms with Gasteiger partial charge in [-0.25, -0.2) is 0 Å². The molecule has 1 aliphatic heterocycles. The Morgan fingerprint density at radius 2 is 2.70 bits per heavy atom. The number of nitrogens with zero attached hydrogens (tertiary/aromatic N) is 1. The second-order valence-electron chi connectivity index (χ2n) is 2.05. The lowest BCUT2D eigenvalue weighted by Crippen LogP contribution is -2.31. The first-order chi connectivity index (χ1) is 4.84. The van der Waals surface area contributed by atoms with Crippen LogP contribution in [0, 0.1) is 11.3 Å². The molecule has 3 nitrogen and oxygen atoms in total. The van der Waals surface area contributed by atoms with E-state index in [0.717, 1.165) is 12.2 Å². The monoisotopic (exact) mass is 156 g/mol. The van der Waals surface area contributed by atoms with Gasteiger partial charge in [0.15, 0.2) is 0 Å². The number of nitriles is 1. The summed E-state index contributed by atoms with van der Waals surface area (Å²) < 4.78 is 0. The molecule has 1 atom stereocenters. The molecular weight excluding hydrogens is 148 g/mol. The highest BCUT2D eigenvalue weighted by atomic mass is 32.2. The van der Waals surface area contributed by atoms with E-state index in [2.05, 4.69) is 5.32 Å². The maximum Gasteiger partial charge on any atom is 0.205 e. The van der Waals surface area contributed by atoms with Crippen LogP contribution in [0.3, 0.4) is 0 Å². The van der Waals surface area contributed by atoms with Gasteiger partial charge in [-0.3, -0.25) is 10.1 Å². The summed E-state index contributed by atoms with van der Waals surface area (Å²) in [5, 5.41) is 11.2. The number of hydrogen-bond acceptors (Lipinski definition) is 4. The van der Waals surface area contributed by atoms with E-state index in [4.69, 9.17) is 5.26 Å². The summed E-state index contributed by atoms with van der Waals surface area (Å²) >= 11 is 1.34. The molecule has 0 amide bonds. The van der Waals surface area contributed by atoms with Gasteiger partial charge < -0.3 is 0 Å². The lowest BCUT2D eigenvalue weighted by molar-refractivity contribution is -0.112. The van der Waals surface area contributed by atoms with Crippen LogP contribution in [0.25, 0.3) is 0 Å². The van der Waals surface area contributed by atoms with Gasteiger partial charge in [0.1, 0.15) is 0 Å². The fourth-order valence-corrected chi connectivity index (χ4v) is 1.81. The molecule has 10 heavy (non-hydrogen) atoms. The van der Waals surface area contributed by atoms with E-state index >= 15 is 0 Å². The predicted octanol–water partition coefficient (Wildman–Crippen LogP) is 0.132. The second kappa shape index (κ2) is 3.59. The van der Waals surface area contributed by atoms with Gasteiger partial charge in [0.2, 0.25) is 5.12 Å². The van der Waals surface area contributed by atoms with Crippen molar-refractivity contribution in [3.05, 3.63) is 0 Å². The van der Waals surface area contributed by atoms with Gasteiger partial charge >= 0.3 is 0 Å². The summed E-state index contributed by atoms with van der Waals surface area (Å²) in [6, 6.07) is 1.88. The van der Waals surface area contributed by atoms with Crippen LogP contribution in [-0.2, 0) is 4.79 Å². The van der Waals surface area contributed by atoms with E-state index in [1.807, 2.05) is 6.07 Å². The summed E-state index contributed by atoms with van der Waals surface area (Å²) in [7, 11) is 0. The van der Waals surface area contributed by atoms with Crippen molar-refractivity contribution in [3.63, 3.8) is 0 Å². The van der Waals surface area contributed by atoms with E-state index < -0.39 is 0 Å². The molecule has 4 heteroatoms. The largest absolute Gasteiger partial charge is 0.294 e. The molecule has 0 radical (unpaired) electrons. The maximum atomic E-state index is 10.9.